The maximum absolute atomic E-state index is 2.53. The van der Waals surface area contributed by atoms with Crippen LogP contribution in [-0.4, -0.2) is 48.6 Å². The van der Waals surface area contributed by atoms with Crippen molar-refractivity contribution < 1.29 is 0 Å². The van der Waals surface area contributed by atoms with E-state index in [1.54, 1.807) is 0 Å². The standard InChI is InChI=1S/C11H26N2/c1-7-12(6)8-9-13(10(2)3)11(4)5/h10-11H,7-9H2,1-6H3. The fourth-order valence-corrected chi connectivity index (χ4v) is 1.56. The van der Waals surface area contributed by atoms with E-state index in [1.165, 1.54) is 13.1 Å². The zero-order valence-electron chi connectivity index (χ0n) is 10.2. The van der Waals surface area contributed by atoms with Crippen molar-refractivity contribution in [2.75, 3.05) is 26.7 Å². The monoisotopic (exact) mass is 186 g/mol. The van der Waals surface area contributed by atoms with E-state index in [9.17, 15) is 0 Å². The minimum Gasteiger partial charge on any atom is -0.305 e. The van der Waals surface area contributed by atoms with Gasteiger partial charge in [0.05, 0.1) is 0 Å². The molecule has 2 heteroatoms. The van der Waals surface area contributed by atoms with Crippen molar-refractivity contribution in [1.29, 1.82) is 0 Å². The van der Waals surface area contributed by atoms with E-state index in [1.807, 2.05) is 0 Å². The third kappa shape index (κ3) is 5.27. The summed E-state index contributed by atoms with van der Waals surface area (Å²) in [5, 5.41) is 0. The Labute approximate surface area is 83.9 Å². The minimum atomic E-state index is 0.658. The third-order valence-electron chi connectivity index (χ3n) is 2.61. The molecule has 0 aliphatic heterocycles. The van der Waals surface area contributed by atoms with Gasteiger partial charge in [-0.15, -0.1) is 0 Å². The van der Waals surface area contributed by atoms with Gasteiger partial charge in [-0.1, -0.05) is 6.92 Å². The second-order valence-electron chi connectivity index (χ2n) is 4.32. The summed E-state index contributed by atoms with van der Waals surface area (Å²) in [7, 11) is 2.18. The summed E-state index contributed by atoms with van der Waals surface area (Å²) < 4.78 is 0. The third-order valence-corrected chi connectivity index (χ3v) is 2.61. The Bertz CT molecular complexity index is 113. The fourth-order valence-electron chi connectivity index (χ4n) is 1.56. The van der Waals surface area contributed by atoms with Crippen LogP contribution in [-0.2, 0) is 0 Å². The molecule has 0 aromatic rings. The van der Waals surface area contributed by atoms with Crippen LogP contribution < -0.4 is 0 Å². The van der Waals surface area contributed by atoms with Crippen LogP contribution in [0.4, 0.5) is 0 Å². The molecule has 0 amide bonds. The van der Waals surface area contributed by atoms with Crippen molar-refractivity contribution in [3.05, 3.63) is 0 Å². The summed E-state index contributed by atoms with van der Waals surface area (Å²) >= 11 is 0. The molecule has 0 aliphatic carbocycles. The predicted octanol–water partition coefficient (Wildman–Crippen LogP) is 2.06. The van der Waals surface area contributed by atoms with Crippen LogP contribution in [0.2, 0.25) is 0 Å². The van der Waals surface area contributed by atoms with Gasteiger partial charge in [-0.3, -0.25) is 4.90 Å². The van der Waals surface area contributed by atoms with Crippen LogP contribution in [0.3, 0.4) is 0 Å². The molecule has 2 nitrogen and oxygen atoms in total. The van der Waals surface area contributed by atoms with Crippen molar-refractivity contribution in [3.8, 4) is 0 Å². The zero-order valence-corrected chi connectivity index (χ0v) is 10.2. The molecule has 0 rings (SSSR count). The largest absolute Gasteiger partial charge is 0.305 e. The van der Waals surface area contributed by atoms with Crippen molar-refractivity contribution >= 4 is 0 Å². The van der Waals surface area contributed by atoms with Crippen molar-refractivity contribution in [3.63, 3.8) is 0 Å². The van der Waals surface area contributed by atoms with Crippen molar-refractivity contribution in [2.24, 2.45) is 0 Å². The average Bonchev–Trinajstić information content (AvgIpc) is 2.03. The summed E-state index contributed by atoms with van der Waals surface area (Å²) in [4.78, 5) is 4.89. The normalized spacial score (nSPS) is 12.5. The van der Waals surface area contributed by atoms with E-state index in [0.717, 1.165) is 6.54 Å². The fraction of sp³-hybridized carbons (Fsp3) is 1.00. The molecule has 0 aromatic carbocycles. The lowest BCUT2D eigenvalue weighted by Gasteiger charge is -2.31. The van der Waals surface area contributed by atoms with Gasteiger partial charge in [-0.25, -0.2) is 0 Å². The Kier molecular flexibility index (Phi) is 6.35. The Morgan fingerprint density at radius 1 is 0.923 bits per heavy atom. The van der Waals surface area contributed by atoms with E-state index < -0.39 is 0 Å². The molecule has 0 atom stereocenters. The molecule has 0 N–H and O–H groups in total. The number of hydrogen-bond donors (Lipinski definition) is 0. The van der Waals surface area contributed by atoms with Gasteiger partial charge in [0.2, 0.25) is 0 Å². The van der Waals surface area contributed by atoms with E-state index in [4.69, 9.17) is 0 Å². The molecular formula is C11H26N2. The van der Waals surface area contributed by atoms with Crippen molar-refractivity contribution in [1.82, 2.24) is 9.80 Å². The average molecular weight is 186 g/mol. The van der Waals surface area contributed by atoms with Gasteiger partial charge in [-0.2, -0.15) is 0 Å². The first-order chi connectivity index (χ1) is 5.99. The second kappa shape index (κ2) is 6.39. The lowest BCUT2D eigenvalue weighted by molar-refractivity contribution is 0.154. The molecule has 0 saturated carbocycles. The Balaban J connectivity index is 3.83. The summed E-state index contributed by atoms with van der Waals surface area (Å²) in [6.07, 6.45) is 0. The Hall–Kier alpha value is -0.0800. The molecule has 0 heterocycles. The summed E-state index contributed by atoms with van der Waals surface area (Å²) in [6, 6.07) is 1.32. The molecule has 80 valence electrons. The van der Waals surface area contributed by atoms with Crippen LogP contribution in [0.25, 0.3) is 0 Å². The van der Waals surface area contributed by atoms with Gasteiger partial charge in [-0.05, 0) is 41.3 Å². The van der Waals surface area contributed by atoms with Gasteiger partial charge < -0.3 is 4.90 Å². The summed E-state index contributed by atoms with van der Waals surface area (Å²) in [6.45, 7) is 14.8. The number of likely N-dealkylation sites (N-methyl/N-ethyl adjacent to an activating group) is 1. The lowest BCUT2D eigenvalue weighted by Crippen LogP contribution is -2.41. The number of rotatable bonds is 6. The van der Waals surface area contributed by atoms with Crippen molar-refractivity contribution in [2.45, 2.75) is 46.7 Å². The molecule has 0 unspecified atom stereocenters. The lowest BCUT2D eigenvalue weighted by atomic mass is 10.2. The van der Waals surface area contributed by atoms with Gasteiger partial charge in [0, 0.05) is 25.2 Å². The molecule has 0 aromatic heterocycles. The predicted molar refractivity (Wildman–Crippen MR) is 60.1 cm³/mol. The Morgan fingerprint density at radius 2 is 1.38 bits per heavy atom. The minimum absolute atomic E-state index is 0.658. The highest BCUT2D eigenvalue weighted by molar-refractivity contribution is 4.68. The van der Waals surface area contributed by atoms with Gasteiger partial charge >= 0.3 is 0 Å². The molecule has 0 aliphatic rings. The van der Waals surface area contributed by atoms with E-state index in [2.05, 4.69) is 51.5 Å². The first-order valence-electron chi connectivity index (χ1n) is 5.43. The molecule has 0 fully saturated rings. The van der Waals surface area contributed by atoms with Crippen LogP contribution in [0.5, 0.6) is 0 Å². The topological polar surface area (TPSA) is 6.48 Å². The summed E-state index contributed by atoms with van der Waals surface area (Å²) in [5.41, 5.74) is 0. The quantitative estimate of drug-likeness (QED) is 0.626. The molecule has 0 spiro atoms. The maximum Gasteiger partial charge on any atom is 0.0115 e. The second-order valence-corrected chi connectivity index (χ2v) is 4.32. The zero-order chi connectivity index (χ0) is 10.4. The maximum atomic E-state index is 2.53. The van der Waals surface area contributed by atoms with E-state index in [0.29, 0.717) is 12.1 Å². The molecule has 0 bridgehead atoms. The van der Waals surface area contributed by atoms with Gasteiger partial charge in [0.1, 0.15) is 0 Å². The van der Waals surface area contributed by atoms with E-state index >= 15 is 0 Å². The number of hydrogen-bond acceptors (Lipinski definition) is 2. The molecule has 0 radical (unpaired) electrons. The van der Waals surface area contributed by atoms with Gasteiger partial charge in [0.15, 0.2) is 0 Å². The molecule has 13 heavy (non-hydrogen) atoms. The van der Waals surface area contributed by atoms with Crippen LogP contribution in [0.1, 0.15) is 34.6 Å². The highest BCUT2D eigenvalue weighted by Crippen LogP contribution is 2.04. The molecular weight excluding hydrogens is 160 g/mol. The van der Waals surface area contributed by atoms with Crippen LogP contribution >= 0.6 is 0 Å². The molecule has 0 saturated heterocycles. The smallest absolute Gasteiger partial charge is 0.0115 e. The highest BCUT2D eigenvalue weighted by Gasteiger charge is 2.12. The highest BCUT2D eigenvalue weighted by atomic mass is 15.2. The first kappa shape index (κ1) is 12.9. The van der Waals surface area contributed by atoms with Crippen LogP contribution in [0, 0.1) is 0 Å². The number of nitrogens with zero attached hydrogens (tertiary/aromatic N) is 2. The van der Waals surface area contributed by atoms with Crippen LogP contribution in [0.15, 0.2) is 0 Å². The Morgan fingerprint density at radius 3 is 1.69 bits per heavy atom. The first-order valence-corrected chi connectivity index (χ1v) is 5.43. The summed E-state index contributed by atoms with van der Waals surface area (Å²) in [5.74, 6) is 0. The van der Waals surface area contributed by atoms with E-state index in [-0.39, 0.29) is 0 Å². The van der Waals surface area contributed by atoms with Gasteiger partial charge in [0.25, 0.3) is 0 Å². The SMILES string of the molecule is CCN(C)CCN(C(C)C)C(C)C.